The molecule has 0 spiro atoms. The van der Waals surface area contributed by atoms with Crippen LogP contribution in [0.4, 0.5) is 22.0 Å². The predicted octanol–water partition coefficient (Wildman–Crippen LogP) is 5.74. The fourth-order valence-electron chi connectivity index (χ4n) is 3.47. The fourth-order valence-corrected chi connectivity index (χ4v) is 3.47. The van der Waals surface area contributed by atoms with Crippen molar-refractivity contribution in [1.82, 2.24) is 34.9 Å². The minimum absolute atomic E-state index is 0.0108. The number of hydrogen-bond donors (Lipinski definition) is 1. The van der Waals surface area contributed by atoms with Gasteiger partial charge >= 0.3 is 6.18 Å². The normalized spacial score (nSPS) is 12.8. The zero-order valence-corrected chi connectivity index (χ0v) is 21.2. The monoisotopic (exact) mass is 521 g/mol. The Kier molecular flexibility index (Phi) is 7.70. The lowest BCUT2D eigenvalue weighted by Crippen LogP contribution is -2.22. The third-order valence-electron chi connectivity index (χ3n) is 5.72. The van der Waals surface area contributed by atoms with Gasteiger partial charge in [-0.3, -0.25) is 0 Å². The van der Waals surface area contributed by atoms with Gasteiger partial charge in [-0.05, 0) is 44.5 Å². The average Bonchev–Trinajstić information content (AvgIpc) is 3.23. The lowest BCUT2D eigenvalue weighted by Gasteiger charge is -2.21. The highest BCUT2D eigenvalue weighted by atomic mass is 19.4. The number of nitrogens with one attached hydrogen (secondary N) is 1. The molecule has 12 heteroatoms. The lowest BCUT2D eigenvalue weighted by molar-refractivity contribution is -0.137. The Morgan fingerprint density at radius 3 is 2.27 bits per heavy atom. The number of halogens is 5. The van der Waals surface area contributed by atoms with Crippen LogP contribution in [0.3, 0.4) is 0 Å². The van der Waals surface area contributed by atoms with Gasteiger partial charge in [0.2, 0.25) is 0 Å². The summed E-state index contributed by atoms with van der Waals surface area (Å²) in [5.41, 5.74) is -0.792. The molecule has 0 bridgehead atoms. The molecule has 1 N–H and O–H groups in total. The standard InChI is InChI=1S/C25H28F5N7/c1-8-36(7)16(4)21-12-32-22(13-31-21)37-23(34-17(5)35-37)15(3)33-14(2)18-9-19(24(6,26)27)11-20(10-18)25(28,29)30/h9-13,15,33H,2,4,8H2,1,3,5-7H3/t15-/m0/s1. The molecular weight excluding hydrogens is 493 g/mol. The summed E-state index contributed by atoms with van der Waals surface area (Å²) in [6, 6.07) is 1.57. The van der Waals surface area contributed by atoms with Crippen LogP contribution in [0.1, 0.15) is 60.8 Å². The number of rotatable bonds is 9. The first-order valence-electron chi connectivity index (χ1n) is 11.3. The van der Waals surface area contributed by atoms with Gasteiger partial charge in [-0.15, -0.1) is 5.10 Å². The number of hydrogen-bond acceptors (Lipinski definition) is 6. The smallest absolute Gasteiger partial charge is 0.375 e. The number of alkyl halides is 5. The predicted molar refractivity (Wildman–Crippen MR) is 131 cm³/mol. The minimum Gasteiger partial charge on any atom is -0.375 e. The molecule has 3 rings (SSSR count). The van der Waals surface area contributed by atoms with Gasteiger partial charge in [-0.2, -0.15) is 17.9 Å². The molecule has 37 heavy (non-hydrogen) atoms. The summed E-state index contributed by atoms with van der Waals surface area (Å²) in [6.07, 6.45) is -1.75. The van der Waals surface area contributed by atoms with E-state index in [4.69, 9.17) is 0 Å². The summed E-state index contributed by atoms with van der Waals surface area (Å²) in [6.45, 7) is 14.4. The van der Waals surface area contributed by atoms with Crippen molar-refractivity contribution in [1.29, 1.82) is 0 Å². The number of benzene rings is 1. The highest BCUT2D eigenvalue weighted by Gasteiger charge is 2.35. The van der Waals surface area contributed by atoms with Crippen molar-refractivity contribution in [3.63, 3.8) is 0 Å². The van der Waals surface area contributed by atoms with Crippen LogP contribution in [0.5, 0.6) is 0 Å². The SMILES string of the molecule is C=C(N[C@@H](C)c1nc(C)nn1-c1cnc(C(=C)N(C)CC)cn1)c1cc(C(C)(F)F)cc(C(F)(F)F)c1. The fraction of sp³-hybridized carbons (Fsp3) is 0.360. The average molecular weight is 522 g/mol. The molecule has 0 aliphatic rings. The van der Waals surface area contributed by atoms with Crippen molar-refractivity contribution < 1.29 is 22.0 Å². The second-order valence-corrected chi connectivity index (χ2v) is 8.68. The van der Waals surface area contributed by atoms with E-state index < -0.39 is 29.3 Å². The molecule has 1 atom stereocenters. The molecule has 7 nitrogen and oxygen atoms in total. The molecule has 0 radical (unpaired) electrons. The van der Waals surface area contributed by atoms with Crippen LogP contribution >= 0.6 is 0 Å². The highest BCUT2D eigenvalue weighted by Crippen LogP contribution is 2.36. The molecule has 0 saturated heterocycles. The number of nitrogens with zero attached hydrogens (tertiary/aromatic N) is 6. The zero-order valence-electron chi connectivity index (χ0n) is 21.2. The summed E-state index contributed by atoms with van der Waals surface area (Å²) in [7, 11) is 1.88. The van der Waals surface area contributed by atoms with E-state index in [9.17, 15) is 22.0 Å². The Morgan fingerprint density at radius 2 is 1.73 bits per heavy atom. The largest absolute Gasteiger partial charge is 0.416 e. The van der Waals surface area contributed by atoms with Crippen molar-refractivity contribution in [3.05, 3.63) is 77.8 Å². The van der Waals surface area contributed by atoms with Crippen LogP contribution in [-0.2, 0) is 12.1 Å². The van der Waals surface area contributed by atoms with Crippen LogP contribution in [0.2, 0.25) is 0 Å². The van der Waals surface area contributed by atoms with Crippen molar-refractivity contribution >= 4 is 11.4 Å². The van der Waals surface area contributed by atoms with Crippen LogP contribution in [0.25, 0.3) is 17.2 Å². The summed E-state index contributed by atoms with van der Waals surface area (Å²) in [5.74, 6) is -2.32. The van der Waals surface area contributed by atoms with Crippen LogP contribution in [-0.4, -0.2) is 43.2 Å². The maximum Gasteiger partial charge on any atom is 0.416 e. The van der Waals surface area contributed by atoms with Crippen LogP contribution in [0, 0.1) is 6.92 Å². The molecule has 3 aromatic rings. The Morgan fingerprint density at radius 1 is 1.08 bits per heavy atom. The van der Waals surface area contributed by atoms with Gasteiger partial charge in [0.15, 0.2) is 11.6 Å². The molecule has 1 aromatic carbocycles. The third-order valence-corrected chi connectivity index (χ3v) is 5.72. The van der Waals surface area contributed by atoms with E-state index in [0.29, 0.717) is 41.8 Å². The first-order valence-corrected chi connectivity index (χ1v) is 11.3. The molecule has 0 amide bonds. The van der Waals surface area contributed by atoms with Crippen LogP contribution in [0.15, 0.2) is 43.8 Å². The Labute approximate surface area is 211 Å². The van der Waals surface area contributed by atoms with E-state index in [1.54, 1.807) is 20.0 Å². The van der Waals surface area contributed by atoms with Gasteiger partial charge in [0.05, 0.1) is 29.7 Å². The Balaban J connectivity index is 1.90. The first-order chi connectivity index (χ1) is 17.1. The Hall–Kier alpha value is -3.83. The second kappa shape index (κ2) is 10.3. The molecule has 0 fully saturated rings. The van der Waals surface area contributed by atoms with E-state index in [-0.39, 0.29) is 11.3 Å². The van der Waals surface area contributed by atoms with Gasteiger partial charge in [0, 0.05) is 31.8 Å². The molecule has 198 valence electrons. The second-order valence-electron chi connectivity index (χ2n) is 8.68. The summed E-state index contributed by atoms with van der Waals surface area (Å²) in [4.78, 5) is 15.1. The summed E-state index contributed by atoms with van der Waals surface area (Å²) in [5, 5.41) is 7.30. The molecule has 2 aromatic heterocycles. The quantitative estimate of drug-likeness (QED) is 0.362. The van der Waals surface area contributed by atoms with E-state index in [1.165, 1.54) is 10.9 Å². The van der Waals surface area contributed by atoms with Crippen molar-refractivity contribution in [2.75, 3.05) is 13.6 Å². The van der Waals surface area contributed by atoms with Gasteiger partial charge in [-0.1, -0.05) is 13.2 Å². The van der Waals surface area contributed by atoms with Crippen molar-refractivity contribution in [2.45, 2.75) is 45.8 Å². The summed E-state index contributed by atoms with van der Waals surface area (Å²) >= 11 is 0. The minimum atomic E-state index is -4.80. The number of aryl methyl sites for hydroxylation is 1. The zero-order chi connectivity index (χ0) is 27.7. The van der Waals surface area contributed by atoms with Gasteiger partial charge in [-0.25, -0.2) is 23.7 Å². The molecule has 0 saturated carbocycles. The van der Waals surface area contributed by atoms with Crippen molar-refractivity contribution in [2.24, 2.45) is 0 Å². The van der Waals surface area contributed by atoms with E-state index in [0.717, 1.165) is 18.7 Å². The first kappa shape index (κ1) is 27.8. The highest BCUT2D eigenvalue weighted by molar-refractivity contribution is 5.64. The van der Waals surface area contributed by atoms with E-state index in [2.05, 4.69) is 38.5 Å². The maximum absolute atomic E-state index is 13.9. The van der Waals surface area contributed by atoms with E-state index >= 15 is 0 Å². The van der Waals surface area contributed by atoms with Gasteiger partial charge < -0.3 is 10.2 Å². The topological polar surface area (TPSA) is 71.8 Å². The number of aromatic nitrogens is 5. The lowest BCUT2D eigenvalue weighted by atomic mass is 10.00. The maximum atomic E-state index is 13.9. The molecule has 0 aliphatic heterocycles. The van der Waals surface area contributed by atoms with Crippen molar-refractivity contribution in [3.8, 4) is 5.82 Å². The Bertz CT molecular complexity index is 1260. The molecular formula is C25H28F5N7. The summed E-state index contributed by atoms with van der Waals surface area (Å²) < 4.78 is 69.4. The molecule has 0 unspecified atom stereocenters. The van der Waals surface area contributed by atoms with Crippen LogP contribution < -0.4 is 5.32 Å². The van der Waals surface area contributed by atoms with E-state index in [1.807, 2.05) is 18.9 Å². The van der Waals surface area contributed by atoms with Gasteiger partial charge in [0.1, 0.15) is 11.5 Å². The molecule has 2 heterocycles. The third kappa shape index (κ3) is 6.30. The van der Waals surface area contributed by atoms with Gasteiger partial charge in [0.25, 0.3) is 5.92 Å². The molecule has 0 aliphatic carbocycles.